The number of rotatable bonds is 3. The summed E-state index contributed by atoms with van der Waals surface area (Å²) in [6.07, 6.45) is 6.47. The van der Waals surface area contributed by atoms with Crippen LogP contribution in [0, 0.1) is 0 Å². The molecule has 0 atom stereocenters. The number of amides is 1. The van der Waals surface area contributed by atoms with Crippen LogP contribution >= 0.6 is 0 Å². The number of aromatic nitrogens is 2. The van der Waals surface area contributed by atoms with Crippen LogP contribution < -0.4 is 0 Å². The smallest absolute Gasteiger partial charge is 0.253 e. The average Bonchev–Trinajstić information content (AvgIpc) is 3.08. The number of imidazole rings is 1. The summed E-state index contributed by atoms with van der Waals surface area (Å²) in [6, 6.07) is 6.13. The molecule has 1 amide bonds. The molecule has 0 unspecified atom stereocenters. The minimum atomic E-state index is -3.24. The number of piperidine rings is 1. The van der Waals surface area contributed by atoms with Gasteiger partial charge in [-0.1, -0.05) is 0 Å². The molecule has 1 aliphatic rings. The van der Waals surface area contributed by atoms with Crippen molar-refractivity contribution in [2.24, 2.45) is 0 Å². The third-order valence-corrected chi connectivity index (χ3v) is 5.35. The second-order valence-electron chi connectivity index (χ2n) is 5.84. The van der Waals surface area contributed by atoms with Crippen molar-refractivity contribution in [1.29, 1.82) is 0 Å². The van der Waals surface area contributed by atoms with Crippen LogP contribution in [-0.2, 0) is 9.84 Å². The maximum Gasteiger partial charge on any atom is 0.253 e. The standard InChI is InChI=1S/C16H19N3O3S/c1-23(21,22)14-4-2-13(3-5-14)16(20)19-10-6-12(7-11-19)15-17-8-9-18-15/h2-5,8-9,12H,6-7,10-11H2,1H3,(H,17,18). The fourth-order valence-corrected chi connectivity index (χ4v) is 3.51. The first-order chi connectivity index (χ1) is 10.9. The zero-order chi connectivity index (χ0) is 16.4. The summed E-state index contributed by atoms with van der Waals surface area (Å²) in [5.74, 6) is 1.29. The lowest BCUT2D eigenvalue weighted by Gasteiger charge is -2.31. The Bertz CT molecular complexity index is 774. The molecule has 1 aromatic heterocycles. The van der Waals surface area contributed by atoms with E-state index >= 15 is 0 Å². The van der Waals surface area contributed by atoms with E-state index in [4.69, 9.17) is 0 Å². The number of likely N-dealkylation sites (tertiary alicyclic amines) is 1. The van der Waals surface area contributed by atoms with Gasteiger partial charge >= 0.3 is 0 Å². The lowest BCUT2D eigenvalue weighted by molar-refractivity contribution is 0.0711. The number of aromatic amines is 1. The number of carbonyl (C=O) groups is 1. The number of nitrogens with zero attached hydrogens (tertiary/aromatic N) is 2. The van der Waals surface area contributed by atoms with Crippen LogP contribution in [-0.4, -0.2) is 48.5 Å². The van der Waals surface area contributed by atoms with Crippen molar-refractivity contribution in [3.8, 4) is 0 Å². The number of carbonyl (C=O) groups excluding carboxylic acids is 1. The molecular formula is C16H19N3O3S. The van der Waals surface area contributed by atoms with E-state index in [0.717, 1.165) is 24.9 Å². The molecule has 7 heteroatoms. The monoisotopic (exact) mass is 333 g/mol. The van der Waals surface area contributed by atoms with Crippen molar-refractivity contribution < 1.29 is 13.2 Å². The molecular weight excluding hydrogens is 314 g/mol. The minimum absolute atomic E-state index is 0.0528. The van der Waals surface area contributed by atoms with Gasteiger partial charge in [0.1, 0.15) is 5.82 Å². The highest BCUT2D eigenvalue weighted by atomic mass is 32.2. The summed E-state index contributed by atoms with van der Waals surface area (Å²) in [5, 5.41) is 0. The number of H-pyrrole nitrogens is 1. The number of nitrogens with one attached hydrogen (secondary N) is 1. The van der Waals surface area contributed by atoms with Gasteiger partial charge in [-0.2, -0.15) is 0 Å². The fourth-order valence-electron chi connectivity index (χ4n) is 2.88. The van der Waals surface area contributed by atoms with Gasteiger partial charge in [0.25, 0.3) is 5.91 Å². The van der Waals surface area contributed by atoms with Crippen molar-refractivity contribution in [2.45, 2.75) is 23.7 Å². The van der Waals surface area contributed by atoms with E-state index < -0.39 is 9.84 Å². The Morgan fingerprint density at radius 3 is 2.39 bits per heavy atom. The molecule has 1 aromatic carbocycles. The first-order valence-corrected chi connectivity index (χ1v) is 9.43. The molecule has 0 spiro atoms. The molecule has 1 fully saturated rings. The van der Waals surface area contributed by atoms with Crippen molar-refractivity contribution in [3.05, 3.63) is 48.0 Å². The highest BCUT2D eigenvalue weighted by Crippen LogP contribution is 2.26. The van der Waals surface area contributed by atoms with Crippen LogP contribution in [0.25, 0.3) is 0 Å². The average molecular weight is 333 g/mol. The van der Waals surface area contributed by atoms with Crippen LogP contribution in [0.4, 0.5) is 0 Å². The molecule has 0 bridgehead atoms. The fraction of sp³-hybridized carbons (Fsp3) is 0.375. The summed E-state index contributed by atoms with van der Waals surface area (Å²) in [6.45, 7) is 1.36. The maximum atomic E-state index is 12.5. The van der Waals surface area contributed by atoms with Crippen molar-refractivity contribution in [3.63, 3.8) is 0 Å². The Hall–Kier alpha value is -2.15. The molecule has 1 N–H and O–H groups in total. The molecule has 1 aliphatic heterocycles. The van der Waals surface area contributed by atoms with E-state index in [1.54, 1.807) is 18.3 Å². The van der Waals surface area contributed by atoms with Gasteiger partial charge in [0.2, 0.25) is 0 Å². The molecule has 2 aromatic rings. The molecule has 23 heavy (non-hydrogen) atoms. The molecule has 2 heterocycles. The Balaban J connectivity index is 1.65. The molecule has 122 valence electrons. The number of sulfone groups is 1. The van der Waals surface area contributed by atoms with Gasteiger partial charge in [0.05, 0.1) is 4.90 Å². The minimum Gasteiger partial charge on any atom is -0.348 e. The number of benzene rings is 1. The largest absolute Gasteiger partial charge is 0.348 e. The predicted octanol–water partition coefficient (Wildman–Crippen LogP) is 1.83. The normalized spacial score (nSPS) is 16.5. The van der Waals surface area contributed by atoms with E-state index in [1.807, 2.05) is 11.1 Å². The Morgan fingerprint density at radius 1 is 1.22 bits per heavy atom. The lowest BCUT2D eigenvalue weighted by Crippen LogP contribution is -2.38. The third-order valence-electron chi connectivity index (χ3n) is 4.22. The SMILES string of the molecule is CS(=O)(=O)c1ccc(C(=O)N2CCC(c3ncc[nH]3)CC2)cc1. The Morgan fingerprint density at radius 2 is 1.87 bits per heavy atom. The van der Waals surface area contributed by atoms with Crippen LogP contribution in [0.5, 0.6) is 0 Å². The van der Waals surface area contributed by atoms with Crippen molar-refractivity contribution in [2.75, 3.05) is 19.3 Å². The molecule has 6 nitrogen and oxygen atoms in total. The van der Waals surface area contributed by atoms with Gasteiger partial charge in [-0.15, -0.1) is 0 Å². The van der Waals surface area contributed by atoms with Crippen LogP contribution in [0.1, 0.15) is 34.9 Å². The zero-order valence-electron chi connectivity index (χ0n) is 12.9. The van der Waals surface area contributed by atoms with Gasteiger partial charge in [-0.05, 0) is 37.1 Å². The van der Waals surface area contributed by atoms with E-state index in [9.17, 15) is 13.2 Å². The predicted molar refractivity (Wildman–Crippen MR) is 86.0 cm³/mol. The van der Waals surface area contributed by atoms with Gasteiger partial charge in [-0.3, -0.25) is 4.79 Å². The lowest BCUT2D eigenvalue weighted by atomic mass is 9.95. The quantitative estimate of drug-likeness (QED) is 0.929. The van der Waals surface area contributed by atoms with Crippen LogP contribution in [0.15, 0.2) is 41.6 Å². The molecule has 0 radical (unpaired) electrons. The molecule has 0 saturated carbocycles. The van der Waals surface area contributed by atoms with Gasteiger partial charge in [-0.25, -0.2) is 13.4 Å². The van der Waals surface area contributed by atoms with Gasteiger partial charge in [0, 0.05) is 43.2 Å². The van der Waals surface area contributed by atoms with Gasteiger partial charge < -0.3 is 9.88 Å². The Kier molecular flexibility index (Phi) is 4.21. The van der Waals surface area contributed by atoms with Gasteiger partial charge in [0.15, 0.2) is 9.84 Å². The van der Waals surface area contributed by atoms with E-state index in [1.165, 1.54) is 12.1 Å². The third kappa shape index (κ3) is 3.44. The molecule has 1 saturated heterocycles. The first kappa shape index (κ1) is 15.7. The second kappa shape index (κ2) is 6.16. The van der Waals surface area contributed by atoms with Crippen LogP contribution in [0.2, 0.25) is 0 Å². The van der Waals surface area contributed by atoms with Crippen molar-refractivity contribution in [1.82, 2.24) is 14.9 Å². The first-order valence-electron chi connectivity index (χ1n) is 7.54. The topological polar surface area (TPSA) is 83.1 Å². The number of hydrogen-bond acceptors (Lipinski definition) is 4. The summed E-state index contributed by atoms with van der Waals surface area (Å²) in [7, 11) is -3.24. The summed E-state index contributed by atoms with van der Waals surface area (Å²) >= 11 is 0. The van der Waals surface area contributed by atoms with E-state index in [2.05, 4.69) is 9.97 Å². The second-order valence-corrected chi connectivity index (χ2v) is 7.85. The molecule has 0 aliphatic carbocycles. The summed E-state index contributed by atoms with van der Waals surface area (Å²) in [4.78, 5) is 22.0. The number of hydrogen-bond donors (Lipinski definition) is 1. The summed E-state index contributed by atoms with van der Waals surface area (Å²) in [5.41, 5.74) is 0.522. The highest BCUT2D eigenvalue weighted by Gasteiger charge is 2.25. The van der Waals surface area contributed by atoms with Crippen LogP contribution in [0.3, 0.4) is 0 Å². The van der Waals surface area contributed by atoms with Crippen molar-refractivity contribution >= 4 is 15.7 Å². The van der Waals surface area contributed by atoms with E-state index in [0.29, 0.717) is 24.6 Å². The summed E-state index contributed by atoms with van der Waals surface area (Å²) < 4.78 is 22.9. The Labute approximate surface area is 135 Å². The zero-order valence-corrected chi connectivity index (χ0v) is 13.7. The molecule has 3 rings (SSSR count). The maximum absolute atomic E-state index is 12.5. The van der Waals surface area contributed by atoms with E-state index in [-0.39, 0.29) is 10.8 Å². The highest BCUT2D eigenvalue weighted by molar-refractivity contribution is 7.90.